The molecule has 1 aromatic heterocycles. The molecule has 17 heavy (non-hydrogen) atoms. The van der Waals surface area contributed by atoms with Gasteiger partial charge in [-0.2, -0.15) is 4.37 Å². The van der Waals surface area contributed by atoms with Crippen molar-refractivity contribution >= 4 is 22.6 Å². The number of aliphatic carboxylic acids is 1. The maximum absolute atomic E-state index is 11.0. The van der Waals surface area contributed by atoms with Crippen LogP contribution in [-0.4, -0.2) is 26.5 Å². The van der Waals surface area contributed by atoms with Gasteiger partial charge in [0.15, 0.2) is 0 Å². The summed E-state index contributed by atoms with van der Waals surface area (Å²) in [7, 11) is 0. The van der Waals surface area contributed by atoms with Crippen LogP contribution in [0.3, 0.4) is 0 Å². The Morgan fingerprint density at radius 2 is 2.18 bits per heavy atom. The molecular formula is C11H19N3O2S. The number of nitrogens with one attached hydrogen (secondary N) is 1. The molecule has 0 fully saturated rings. The normalized spacial score (nSPS) is 13.4. The second kappa shape index (κ2) is 5.44. The number of hydrogen-bond acceptors (Lipinski definition) is 5. The van der Waals surface area contributed by atoms with Crippen LogP contribution in [0.5, 0.6) is 0 Å². The minimum Gasteiger partial charge on any atom is -0.480 e. The lowest BCUT2D eigenvalue weighted by Gasteiger charge is -2.13. The van der Waals surface area contributed by atoms with E-state index in [1.807, 2.05) is 27.7 Å². The predicted octanol–water partition coefficient (Wildman–Crippen LogP) is 2.50. The molecule has 6 heteroatoms. The molecule has 1 heterocycles. The zero-order valence-corrected chi connectivity index (χ0v) is 11.5. The molecular weight excluding hydrogens is 238 g/mol. The molecule has 1 rings (SSSR count). The standard InChI is InChI=1S/C11H19N3O2S/c1-5-6-7(8(15)16)12-10-13-9(14-17-10)11(2,3)4/h7H,5-6H2,1-4H3,(H,15,16)(H,12,13,14). The Morgan fingerprint density at radius 1 is 1.53 bits per heavy atom. The van der Waals surface area contributed by atoms with Crippen molar-refractivity contribution in [3.63, 3.8) is 0 Å². The third kappa shape index (κ3) is 3.96. The highest BCUT2D eigenvalue weighted by molar-refractivity contribution is 7.09. The second-order valence-corrected chi connectivity index (χ2v) is 5.75. The molecule has 1 aromatic rings. The summed E-state index contributed by atoms with van der Waals surface area (Å²) in [6, 6.07) is -0.583. The van der Waals surface area contributed by atoms with Crippen LogP contribution in [0.15, 0.2) is 0 Å². The molecule has 1 unspecified atom stereocenters. The summed E-state index contributed by atoms with van der Waals surface area (Å²) >= 11 is 1.21. The number of carboxylic acids is 1. The van der Waals surface area contributed by atoms with Crippen molar-refractivity contribution in [1.29, 1.82) is 0 Å². The van der Waals surface area contributed by atoms with Crippen LogP contribution >= 0.6 is 11.5 Å². The van der Waals surface area contributed by atoms with E-state index >= 15 is 0 Å². The van der Waals surface area contributed by atoms with Crippen molar-refractivity contribution in [3.8, 4) is 0 Å². The van der Waals surface area contributed by atoms with Crippen LogP contribution in [0.1, 0.15) is 46.4 Å². The molecule has 2 N–H and O–H groups in total. The van der Waals surface area contributed by atoms with Gasteiger partial charge in [0.1, 0.15) is 11.9 Å². The lowest BCUT2D eigenvalue weighted by atomic mass is 9.96. The fourth-order valence-corrected chi connectivity index (χ4v) is 2.09. The lowest BCUT2D eigenvalue weighted by Crippen LogP contribution is -2.29. The third-order valence-electron chi connectivity index (χ3n) is 2.27. The van der Waals surface area contributed by atoms with Gasteiger partial charge in [0.2, 0.25) is 5.13 Å². The summed E-state index contributed by atoms with van der Waals surface area (Å²) < 4.78 is 4.24. The van der Waals surface area contributed by atoms with Gasteiger partial charge in [-0.05, 0) is 6.42 Å². The van der Waals surface area contributed by atoms with E-state index in [0.29, 0.717) is 11.6 Å². The summed E-state index contributed by atoms with van der Waals surface area (Å²) in [5, 5.41) is 12.5. The first kappa shape index (κ1) is 13.9. The van der Waals surface area contributed by atoms with Gasteiger partial charge in [-0.15, -0.1) is 0 Å². The number of rotatable bonds is 5. The van der Waals surface area contributed by atoms with Gasteiger partial charge < -0.3 is 10.4 Å². The molecule has 0 spiro atoms. The Bertz CT molecular complexity index is 384. The molecule has 0 aliphatic carbocycles. The SMILES string of the molecule is CCCC(Nc1nc(C(C)(C)C)ns1)C(=O)O. The average Bonchev–Trinajstić information content (AvgIpc) is 2.64. The average molecular weight is 257 g/mol. The molecule has 5 nitrogen and oxygen atoms in total. The highest BCUT2D eigenvalue weighted by Gasteiger charge is 2.22. The van der Waals surface area contributed by atoms with E-state index in [1.165, 1.54) is 11.5 Å². The van der Waals surface area contributed by atoms with Crippen LogP contribution < -0.4 is 5.32 Å². The Balaban J connectivity index is 2.74. The van der Waals surface area contributed by atoms with Gasteiger partial charge >= 0.3 is 5.97 Å². The van der Waals surface area contributed by atoms with Crippen molar-refractivity contribution < 1.29 is 9.90 Å². The molecule has 0 amide bonds. The van der Waals surface area contributed by atoms with Gasteiger partial charge in [0.25, 0.3) is 0 Å². The van der Waals surface area contributed by atoms with Crippen molar-refractivity contribution in [2.45, 2.75) is 52.0 Å². The predicted molar refractivity (Wildman–Crippen MR) is 68.6 cm³/mol. The number of nitrogens with zero attached hydrogens (tertiary/aromatic N) is 2. The molecule has 0 saturated heterocycles. The number of hydrogen-bond donors (Lipinski definition) is 2. The van der Waals surface area contributed by atoms with E-state index < -0.39 is 12.0 Å². The van der Waals surface area contributed by atoms with E-state index in [-0.39, 0.29) is 5.41 Å². The molecule has 0 bridgehead atoms. The van der Waals surface area contributed by atoms with Gasteiger partial charge in [-0.25, -0.2) is 9.78 Å². The fraction of sp³-hybridized carbons (Fsp3) is 0.727. The Labute approximate surface area is 105 Å². The van der Waals surface area contributed by atoms with Gasteiger partial charge in [0, 0.05) is 16.9 Å². The summed E-state index contributed by atoms with van der Waals surface area (Å²) in [5.74, 6) is -0.106. The zero-order valence-electron chi connectivity index (χ0n) is 10.6. The summed E-state index contributed by atoms with van der Waals surface area (Å²) in [5.41, 5.74) is -0.111. The summed E-state index contributed by atoms with van der Waals surface area (Å²) in [4.78, 5) is 15.3. The van der Waals surface area contributed by atoms with E-state index in [2.05, 4.69) is 14.7 Å². The molecule has 0 aliphatic rings. The van der Waals surface area contributed by atoms with Crippen molar-refractivity contribution in [2.75, 3.05) is 5.32 Å². The second-order valence-electron chi connectivity index (χ2n) is 5.00. The maximum Gasteiger partial charge on any atom is 0.326 e. The van der Waals surface area contributed by atoms with E-state index in [1.54, 1.807) is 0 Å². The zero-order chi connectivity index (χ0) is 13.1. The van der Waals surface area contributed by atoms with Crippen LogP contribution in [0, 0.1) is 0 Å². The third-order valence-corrected chi connectivity index (χ3v) is 2.92. The number of carboxylic acid groups (broad SMARTS) is 1. The number of aromatic nitrogens is 2. The molecule has 1 atom stereocenters. The first-order valence-corrected chi connectivity index (χ1v) is 6.45. The van der Waals surface area contributed by atoms with E-state index in [9.17, 15) is 4.79 Å². The molecule has 96 valence electrons. The Morgan fingerprint density at radius 3 is 2.59 bits per heavy atom. The van der Waals surface area contributed by atoms with Crippen molar-refractivity contribution in [2.24, 2.45) is 0 Å². The minimum absolute atomic E-state index is 0.111. The summed E-state index contributed by atoms with van der Waals surface area (Å²) in [6.07, 6.45) is 1.40. The largest absolute Gasteiger partial charge is 0.480 e. The van der Waals surface area contributed by atoms with E-state index in [0.717, 1.165) is 12.2 Å². The lowest BCUT2D eigenvalue weighted by molar-refractivity contribution is -0.138. The maximum atomic E-state index is 11.0. The van der Waals surface area contributed by atoms with Gasteiger partial charge in [-0.1, -0.05) is 34.1 Å². The van der Waals surface area contributed by atoms with Crippen LogP contribution in [-0.2, 0) is 10.2 Å². The molecule has 0 aromatic carbocycles. The van der Waals surface area contributed by atoms with Crippen molar-refractivity contribution in [1.82, 2.24) is 9.36 Å². The smallest absolute Gasteiger partial charge is 0.326 e. The Kier molecular flexibility index (Phi) is 4.45. The highest BCUT2D eigenvalue weighted by Crippen LogP contribution is 2.23. The first-order valence-electron chi connectivity index (χ1n) is 5.68. The van der Waals surface area contributed by atoms with E-state index in [4.69, 9.17) is 5.11 Å². The quantitative estimate of drug-likeness (QED) is 0.847. The van der Waals surface area contributed by atoms with Crippen molar-refractivity contribution in [3.05, 3.63) is 5.82 Å². The van der Waals surface area contributed by atoms with Crippen LogP contribution in [0.2, 0.25) is 0 Å². The topological polar surface area (TPSA) is 75.1 Å². The number of anilines is 1. The Hall–Kier alpha value is -1.17. The highest BCUT2D eigenvalue weighted by atomic mass is 32.1. The van der Waals surface area contributed by atoms with Crippen LogP contribution in [0.25, 0.3) is 0 Å². The summed E-state index contributed by atoms with van der Waals surface area (Å²) in [6.45, 7) is 8.04. The number of carbonyl (C=O) groups is 1. The molecule has 0 aliphatic heterocycles. The monoisotopic (exact) mass is 257 g/mol. The minimum atomic E-state index is -0.848. The van der Waals surface area contributed by atoms with Gasteiger partial charge in [-0.3, -0.25) is 0 Å². The van der Waals surface area contributed by atoms with Crippen LogP contribution in [0.4, 0.5) is 5.13 Å². The molecule has 0 saturated carbocycles. The fourth-order valence-electron chi connectivity index (χ4n) is 1.28. The molecule has 0 radical (unpaired) electrons. The first-order chi connectivity index (χ1) is 7.84. The van der Waals surface area contributed by atoms with Gasteiger partial charge in [0.05, 0.1) is 0 Å².